The van der Waals surface area contributed by atoms with Gasteiger partial charge in [0, 0.05) is 17.9 Å². The van der Waals surface area contributed by atoms with Gasteiger partial charge in [0.2, 0.25) is 0 Å². The molecule has 78 valence electrons. The van der Waals surface area contributed by atoms with Crippen molar-refractivity contribution in [1.29, 1.82) is 0 Å². The van der Waals surface area contributed by atoms with Crippen LogP contribution in [0.4, 0.5) is 5.82 Å². The average Bonchev–Trinajstić information content (AvgIpc) is 2.21. The summed E-state index contributed by atoms with van der Waals surface area (Å²) in [5.41, 5.74) is 1.08. The van der Waals surface area contributed by atoms with Gasteiger partial charge < -0.3 is 5.32 Å². The van der Waals surface area contributed by atoms with Crippen molar-refractivity contribution < 1.29 is 0 Å². The lowest BCUT2D eigenvalue weighted by Gasteiger charge is -2.29. The van der Waals surface area contributed by atoms with Crippen molar-refractivity contribution in [2.24, 2.45) is 0 Å². The van der Waals surface area contributed by atoms with Crippen LogP contribution in [0.1, 0.15) is 39.3 Å². The number of aryl methyl sites for hydroxylation is 1. The number of hydrogen-bond donors (Lipinski definition) is 1. The summed E-state index contributed by atoms with van der Waals surface area (Å²) in [4.78, 5) is 8.49. The minimum Gasteiger partial charge on any atom is -0.363 e. The van der Waals surface area contributed by atoms with Crippen LogP contribution >= 0.6 is 0 Å². The van der Waals surface area contributed by atoms with Gasteiger partial charge in [-0.2, -0.15) is 0 Å². The van der Waals surface area contributed by atoms with Crippen molar-refractivity contribution in [2.75, 3.05) is 5.32 Å². The van der Waals surface area contributed by atoms with Gasteiger partial charge in [0.25, 0.3) is 0 Å². The molecule has 1 heterocycles. The monoisotopic (exact) mass is 193 g/mol. The number of nitrogens with zero attached hydrogens (tertiary/aromatic N) is 2. The highest BCUT2D eigenvalue weighted by Gasteiger charge is 2.20. The first kappa shape index (κ1) is 11.0. The van der Waals surface area contributed by atoms with Gasteiger partial charge in [-0.15, -0.1) is 0 Å². The zero-order valence-corrected chi connectivity index (χ0v) is 9.46. The summed E-state index contributed by atoms with van der Waals surface area (Å²) < 4.78 is 0. The first-order valence-electron chi connectivity index (χ1n) is 5.17. The molecule has 0 amide bonds. The molecule has 3 heteroatoms. The summed E-state index contributed by atoms with van der Waals surface area (Å²) >= 11 is 0. The van der Waals surface area contributed by atoms with Crippen LogP contribution in [0.2, 0.25) is 0 Å². The lowest BCUT2D eigenvalue weighted by Crippen LogP contribution is -2.33. The van der Waals surface area contributed by atoms with Crippen LogP contribution < -0.4 is 5.32 Å². The Hall–Kier alpha value is -1.12. The van der Waals surface area contributed by atoms with Crippen LogP contribution in [0.5, 0.6) is 0 Å². The number of nitrogens with one attached hydrogen (secondary N) is 1. The summed E-state index contributed by atoms with van der Waals surface area (Å²) in [6.45, 7) is 8.55. The van der Waals surface area contributed by atoms with Gasteiger partial charge in [-0.1, -0.05) is 13.8 Å². The van der Waals surface area contributed by atoms with Gasteiger partial charge in [0.1, 0.15) is 5.82 Å². The second-order valence-electron chi connectivity index (χ2n) is 3.88. The quantitative estimate of drug-likeness (QED) is 0.799. The van der Waals surface area contributed by atoms with Crippen LogP contribution in [0.15, 0.2) is 12.4 Å². The Kier molecular flexibility index (Phi) is 3.44. The van der Waals surface area contributed by atoms with E-state index < -0.39 is 0 Å². The third-order valence-electron chi connectivity index (χ3n) is 2.86. The molecule has 1 aromatic rings. The molecule has 0 spiro atoms. The Morgan fingerprint density at radius 1 is 1.21 bits per heavy atom. The summed E-state index contributed by atoms with van der Waals surface area (Å²) in [6, 6.07) is 0. The molecule has 0 fully saturated rings. The summed E-state index contributed by atoms with van der Waals surface area (Å²) in [5, 5.41) is 3.45. The van der Waals surface area contributed by atoms with Gasteiger partial charge >= 0.3 is 0 Å². The van der Waals surface area contributed by atoms with E-state index in [1.807, 2.05) is 6.92 Å². The van der Waals surface area contributed by atoms with E-state index in [9.17, 15) is 0 Å². The number of hydrogen-bond acceptors (Lipinski definition) is 3. The normalized spacial score (nSPS) is 11.4. The molecule has 0 saturated carbocycles. The maximum atomic E-state index is 4.29. The first-order chi connectivity index (χ1) is 6.61. The highest BCUT2D eigenvalue weighted by molar-refractivity contribution is 5.41. The van der Waals surface area contributed by atoms with E-state index in [0.717, 1.165) is 24.4 Å². The fourth-order valence-corrected chi connectivity index (χ4v) is 1.24. The van der Waals surface area contributed by atoms with Crippen LogP contribution in [-0.2, 0) is 0 Å². The summed E-state index contributed by atoms with van der Waals surface area (Å²) in [6.07, 6.45) is 5.61. The topological polar surface area (TPSA) is 37.8 Å². The Morgan fingerprint density at radius 3 is 2.29 bits per heavy atom. The van der Waals surface area contributed by atoms with Crippen molar-refractivity contribution in [3.05, 3.63) is 18.1 Å². The number of aromatic nitrogens is 2. The van der Waals surface area contributed by atoms with Gasteiger partial charge in [0.15, 0.2) is 0 Å². The smallest absolute Gasteiger partial charge is 0.147 e. The van der Waals surface area contributed by atoms with Gasteiger partial charge in [-0.05, 0) is 26.7 Å². The summed E-state index contributed by atoms with van der Waals surface area (Å²) in [5.74, 6) is 0.902. The van der Waals surface area contributed by atoms with Crippen molar-refractivity contribution in [3.63, 3.8) is 0 Å². The number of rotatable bonds is 4. The molecule has 0 radical (unpaired) electrons. The fourth-order valence-electron chi connectivity index (χ4n) is 1.24. The van der Waals surface area contributed by atoms with Crippen molar-refractivity contribution in [3.8, 4) is 0 Å². The second-order valence-corrected chi connectivity index (χ2v) is 3.88. The maximum absolute atomic E-state index is 4.29. The van der Waals surface area contributed by atoms with E-state index in [2.05, 4.69) is 36.1 Å². The van der Waals surface area contributed by atoms with E-state index in [0.29, 0.717) is 0 Å². The summed E-state index contributed by atoms with van der Waals surface area (Å²) in [7, 11) is 0. The molecule has 1 N–H and O–H groups in total. The predicted molar refractivity (Wildman–Crippen MR) is 59.4 cm³/mol. The van der Waals surface area contributed by atoms with Crippen LogP contribution in [0.3, 0.4) is 0 Å². The fraction of sp³-hybridized carbons (Fsp3) is 0.636. The predicted octanol–water partition coefficient (Wildman–Crippen LogP) is 2.78. The van der Waals surface area contributed by atoms with E-state index in [4.69, 9.17) is 0 Å². The molecule has 0 aliphatic rings. The molecule has 0 unspecified atom stereocenters. The average molecular weight is 193 g/mol. The molecule has 0 atom stereocenters. The van der Waals surface area contributed by atoms with E-state index in [-0.39, 0.29) is 5.54 Å². The van der Waals surface area contributed by atoms with Crippen LogP contribution in [0.25, 0.3) is 0 Å². The van der Waals surface area contributed by atoms with Crippen molar-refractivity contribution in [2.45, 2.75) is 46.1 Å². The molecular formula is C11H19N3. The molecule has 0 saturated heterocycles. The lowest BCUT2D eigenvalue weighted by molar-refractivity contribution is 0.476. The molecule has 0 aliphatic carbocycles. The van der Waals surface area contributed by atoms with Crippen molar-refractivity contribution >= 4 is 5.82 Å². The molecule has 0 bridgehead atoms. The van der Waals surface area contributed by atoms with Crippen LogP contribution in [-0.4, -0.2) is 15.5 Å². The SMILES string of the molecule is CCC(C)(CC)Nc1nccnc1C. The van der Waals surface area contributed by atoms with Crippen molar-refractivity contribution in [1.82, 2.24) is 9.97 Å². The highest BCUT2D eigenvalue weighted by atomic mass is 15.1. The standard InChI is InChI=1S/C11H19N3/c1-5-11(4,6-2)14-10-9(3)12-7-8-13-10/h7-8H,5-6H2,1-4H3,(H,13,14). The maximum Gasteiger partial charge on any atom is 0.147 e. The highest BCUT2D eigenvalue weighted by Crippen LogP contribution is 2.21. The van der Waals surface area contributed by atoms with Gasteiger partial charge in [-0.3, -0.25) is 4.98 Å². The third kappa shape index (κ3) is 2.44. The molecule has 1 rings (SSSR count). The Bertz CT molecular complexity index is 292. The van der Waals surface area contributed by atoms with Crippen LogP contribution in [0, 0.1) is 6.92 Å². The van der Waals surface area contributed by atoms with Gasteiger partial charge in [0.05, 0.1) is 5.69 Å². The minimum atomic E-state index is 0.126. The second kappa shape index (κ2) is 4.40. The minimum absolute atomic E-state index is 0.126. The molecule has 0 aromatic carbocycles. The Balaban J connectivity index is 2.82. The molecule has 0 aliphatic heterocycles. The molecular weight excluding hydrogens is 174 g/mol. The molecule has 1 aromatic heterocycles. The molecule has 3 nitrogen and oxygen atoms in total. The lowest BCUT2D eigenvalue weighted by atomic mass is 9.95. The Morgan fingerprint density at radius 2 is 1.79 bits per heavy atom. The zero-order valence-electron chi connectivity index (χ0n) is 9.46. The third-order valence-corrected chi connectivity index (χ3v) is 2.86. The largest absolute Gasteiger partial charge is 0.363 e. The number of anilines is 1. The van der Waals surface area contributed by atoms with E-state index >= 15 is 0 Å². The zero-order chi connectivity index (χ0) is 10.6. The first-order valence-corrected chi connectivity index (χ1v) is 5.17. The van der Waals surface area contributed by atoms with E-state index in [1.54, 1.807) is 12.4 Å². The molecule has 14 heavy (non-hydrogen) atoms. The van der Waals surface area contributed by atoms with E-state index in [1.165, 1.54) is 0 Å². The Labute approximate surface area is 86.0 Å². The van der Waals surface area contributed by atoms with Gasteiger partial charge in [-0.25, -0.2) is 4.98 Å².